The maximum atomic E-state index is 13.4. The lowest BCUT2D eigenvalue weighted by Crippen LogP contribution is -2.53. The number of aromatic nitrogens is 2. The molecule has 2 atom stereocenters. The number of benzene rings is 1. The van der Waals surface area contributed by atoms with Crippen LogP contribution in [0.25, 0.3) is 0 Å². The third kappa shape index (κ3) is 4.44. The number of ether oxygens (including phenoxy) is 1. The summed E-state index contributed by atoms with van der Waals surface area (Å²) >= 11 is 0. The van der Waals surface area contributed by atoms with Crippen molar-refractivity contribution >= 4 is 30.7 Å². The molecule has 168 valence electrons. The molecule has 4 heterocycles. The van der Waals surface area contributed by atoms with Crippen LogP contribution in [0.3, 0.4) is 0 Å². The molecule has 0 unspecified atom stereocenters. The van der Waals surface area contributed by atoms with Crippen molar-refractivity contribution in [1.82, 2.24) is 20.2 Å². The van der Waals surface area contributed by atoms with Gasteiger partial charge in [-0.1, -0.05) is 30.3 Å². The van der Waals surface area contributed by atoms with Gasteiger partial charge in [0.25, 0.3) is 0 Å². The first kappa shape index (κ1) is 23.9. The van der Waals surface area contributed by atoms with E-state index in [4.69, 9.17) is 9.72 Å². The lowest BCUT2D eigenvalue weighted by atomic mass is 9.82. The minimum Gasteiger partial charge on any atom is -0.368 e. The van der Waals surface area contributed by atoms with Gasteiger partial charge in [-0.2, -0.15) is 0 Å². The quantitative estimate of drug-likeness (QED) is 0.738. The molecule has 3 aliphatic heterocycles. The minimum absolute atomic E-state index is 0. The number of amides is 1. The van der Waals surface area contributed by atoms with Crippen molar-refractivity contribution in [2.45, 2.75) is 50.2 Å². The average Bonchev–Trinajstić information content (AvgIpc) is 3.25. The van der Waals surface area contributed by atoms with E-state index in [1.165, 1.54) is 11.1 Å². The molecule has 1 aromatic carbocycles. The number of fused-ring (bicyclic) bond motifs is 2. The van der Waals surface area contributed by atoms with Gasteiger partial charge in [-0.15, -0.1) is 24.8 Å². The molecule has 6 nitrogen and oxygen atoms in total. The highest BCUT2D eigenvalue weighted by atomic mass is 35.5. The SMILES string of the molecule is Cc1ncc2c(n1)C1(CCN(C(=O)[C@H]3NCC[C@@H]3c3ccccc3)CC1)OCC2.Cl.Cl. The summed E-state index contributed by atoms with van der Waals surface area (Å²) in [6.45, 7) is 4.94. The number of carbonyl (C=O) groups excluding carboxylic acids is 1. The number of aryl methyl sites for hydroxylation is 1. The summed E-state index contributed by atoms with van der Waals surface area (Å²) in [5.74, 6) is 1.26. The van der Waals surface area contributed by atoms with Crippen LogP contribution in [0.15, 0.2) is 36.5 Å². The number of piperidine rings is 1. The molecule has 1 aromatic heterocycles. The fourth-order valence-electron chi connectivity index (χ4n) is 5.19. The zero-order chi connectivity index (χ0) is 19.8. The van der Waals surface area contributed by atoms with Crippen molar-refractivity contribution in [2.24, 2.45) is 0 Å². The number of hydrogen-bond acceptors (Lipinski definition) is 5. The van der Waals surface area contributed by atoms with Gasteiger partial charge < -0.3 is 15.0 Å². The summed E-state index contributed by atoms with van der Waals surface area (Å²) in [6, 6.07) is 10.3. The van der Waals surface area contributed by atoms with E-state index in [1.807, 2.05) is 24.1 Å². The second-order valence-electron chi connectivity index (χ2n) is 8.45. The van der Waals surface area contributed by atoms with E-state index in [-0.39, 0.29) is 48.3 Å². The zero-order valence-corrected chi connectivity index (χ0v) is 19.4. The Hall–Kier alpha value is -1.73. The largest absolute Gasteiger partial charge is 0.368 e. The van der Waals surface area contributed by atoms with E-state index in [0.717, 1.165) is 43.7 Å². The maximum Gasteiger partial charge on any atom is 0.240 e. The van der Waals surface area contributed by atoms with E-state index >= 15 is 0 Å². The fourth-order valence-corrected chi connectivity index (χ4v) is 5.19. The molecule has 31 heavy (non-hydrogen) atoms. The smallest absolute Gasteiger partial charge is 0.240 e. The van der Waals surface area contributed by atoms with Crippen LogP contribution in [0.4, 0.5) is 0 Å². The molecule has 2 saturated heterocycles. The molecule has 1 spiro atoms. The third-order valence-electron chi connectivity index (χ3n) is 6.76. The summed E-state index contributed by atoms with van der Waals surface area (Å²) in [5.41, 5.74) is 3.13. The van der Waals surface area contributed by atoms with Crippen molar-refractivity contribution in [2.75, 3.05) is 26.2 Å². The Bertz CT molecular complexity index is 904. The molecule has 8 heteroatoms. The van der Waals surface area contributed by atoms with E-state index < -0.39 is 0 Å². The molecule has 0 bridgehead atoms. The minimum atomic E-state index is -0.361. The predicted molar refractivity (Wildman–Crippen MR) is 124 cm³/mol. The number of rotatable bonds is 2. The summed E-state index contributed by atoms with van der Waals surface area (Å²) < 4.78 is 6.29. The van der Waals surface area contributed by atoms with Gasteiger partial charge in [-0.25, -0.2) is 9.97 Å². The standard InChI is InChI=1S/C23H28N4O2.2ClH/c1-16-25-15-18-8-14-29-23(21(18)26-16)9-12-27(13-10-23)22(28)20-19(7-11-24-20)17-5-3-2-4-6-17;;/h2-6,15,19-20,24H,7-14H2,1H3;2*1H/t19-,20+;;/m1../s1. The predicted octanol–water partition coefficient (Wildman–Crippen LogP) is 3.16. The van der Waals surface area contributed by atoms with Gasteiger partial charge in [0.05, 0.1) is 18.3 Å². The van der Waals surface area contributed by atoms with Crippen LogP contribution in [-0.4, -0.2) is 53.1 Å². The van der Waals surface area contributed by atoms with Crippen molar-refractivity contribution < 1.29 is 9.53 Å². The first-order chi connectivity index (χ1) is 14.2. The third-order valence-corrected chi connectivity index (χ3v) is 6.76. The van der Waals surface area contributed by atoms with Gasteiger partial charge in [0.1, 0.15) is 11.4 Å². The number of likely N-dealkylation sites (tertiary alicyclic amines) is 1. The zero-order valence-electron chi connectivity index (χ0n) is 17.8. The molecule has 3 aliphatic rings. The van der Waals surface area contributed by atoms with Crippen LogP contribution >= 0.6 is 24.8 Å². The maximum absolute atomic E-state index is 13.4. The monoisotopic (exact) mass is 464 g/mol. The van der Waals surface area contributed by atoms with Crippen LogP contribution in [-0.2, 0) is 21.6 Å². The van der Waals surface area contributed by atoms with Gasteiger partial charge >= 0.3 is 0 Å². The number of carbonyl (C=O) groups is 1. The van der Waals surface area contributed by atoms with Crippen LogP contribution < -0.4 is 5.32 Å². The Morgan fingerprint density at radius 2 is 1.94 bits per heavy atom. The summed E-state index contributed by atoms with van der Waals surface area (Å²) in [4.78, 5) is 24.5. The van der Waals surface area contributed by atoms with Crippen LogP contribution in [0.2, 0.25) is 0 Å². The molecule has 5 rings (SSSR count). The second kappa shape index (κ2) is 9.82. The molecule has 0 aliphatic carbocycles. The summed E-state index contributed by atoms with van der Waals surface area (Å²) in [5, 5.41) is 3.45. The average molecular weight is 465 g/mol. The van der Waals surface area contributed by atoms with Gasteiger partial charge in [-0.3, -0.25) is 4.79 Å². The van der Waals surface area contributed by atoms with Crippen molar-refractivity contribution in [3.05, 3.63) is 59.2 Å². The molecular formula is C23H30Cl2N4O2. The molecule has 0 radical (unpaired) electrons. The fraction of sp³-hybridized carbons (Fsp3) is 0.522. The molecule has 2 aromatic rings. The number of nitrogens with zero attached hydrogens (tertiary/aromatic N) is 3. The Labute approximate surface area is 196 Å². The second-order valence-corrected chi connectivity index (χ2v) is 8.45. The highest BCUT2D eigenvalue weighted by Crippen LogP contribution is 2.41. The van der Waals surface area contributed by atoms with Crippen LogP contribution in [0.1, 0.15) is 47.8 Å². The van der Waals surface area contributed by atoms with Crippen molar-refractivity contribution in [3.63, 3.8) is 0 Å². The van der Waals surface area contributed by atoms with E-state index in [0.29, 0.717) is 19.7 Å². The van der Waals surface area contributed by atoms with Gasteiger partial charge in [0.15, 0.2) is 0 Å². The Kier molecular flexibility index (Phi) is 7.58. The van der Waals surface area contributed by atoms with Gasteiger partial charge in [0, 0.05) is 25.2 Å². The van der Waals surface area contributed by atoms with Crippen molar-refractivity contribution in [3.8, 4) is 0 Å². The first-order valence-corrected chi connectivity index (χ1v) is 10.7. The van der Waals surface area contributed by atoms with E-state index in [9.17, 15) is 4.79 Å². The Morgan fingerprint density at radius 3 is 2.68 bits per heavy atom. The summed E-state index contributed by atoms with van der Waals surface area (Å²) in [7, 11) is 0. The lowest BCUT2D eigenvalue weighted by Gasteiger charge is -2.44. The number of halogens is 2. The van der Waals surface area contributed by atoms with Gasteiger partial charge in [-0.05, 0) is 50.3 Å². The molecule has 2 fully saturated rings. The first-order valence-electron chi connectivity index (χ1n) is 10.7. The highest BCUT2D eigenvalue weighted by Gasteiger charge is 2.45. The number of hydrogen-bond donors (Lipinski definition) is 1. The van der Waals surface area contributed by atoms with Gasteiger partial charge in [0.2, 0.25) is 5.91 Å². The Morgan fingerprint density at radius 1 is 1.19 bits per heavy atom. The van der Waals surface area contributed by atoms with E-state index in [2.05, 4.69) is 34.6 Å². The summed E-state index contributed by atoms with van der Waals surface area (Å²) in [6.07, 6.45) is 5.41. The van der Waals surface area contributed by atoms with Crippen LogP contribution in [0, 0.1) is 6.92 Å². The Balaban J connectivity index is 0.00000136. The topological polar surface area (TPSA) is 67.4 Å². The normalized spacial score (nSPS) is 24.1. The number of nitrogens with one attached hydrogen (secondary N) is 1. The molecular weight excluding hydrogens is 435 g/mol. The molecule has 1 amide bonds. The van der Waals surface area contributed by atoms with E-state index in [1.54, 1.807) is 0 Å². The lowest BCUT2D eigenvalue weighted by molar-refractivity contribution is -0.143. The van der Waals surface area contributed by atoms with Crippen molar-refractivity contribution in [1.29, 1.82) is 0 Å². The van der Waals surface area contributed by atoms with Crippen LogP contribution in [0.5, 0.6) is 0 Å². The highest BCUT2D eigenvalue weighted by molar-refractivity contribution is 5.85. The molecule has 1 N–H and O–H groups in total. The molecule has 0 saturated carbocycles.